The molecule has 2 heterocycles. The van der Waals surface area contributed by atoms with E-state index in [2.05, 4.69) is 28.4 Å². The quantitative estimate of drug-likeness (QED) is 0.892. The first-order valence-corrected chi connectivity index (χ1v) is 9.50. The number of piperazine rings is 1. The fourth-order valence-electron chi connectivity index (χ4n) is 4.03. The van der Waals surface area contributed by atoms with Gasteiger partial charge in [0.05, 0.1) is 6.07 Å². The predicted octanol–water partition coefficient (Wildman–Crippen LogP) is 3.96. The lowest BCUT2D eigenvalue weighted by molar-refractivity contribution is 0.187. The van der Waals surface area contributed by atoms with Gasteiger partial charge in [-0.1, -0.05) is 29.8 Å². The number of benzene rings is 2. The molecule has 0 bridgehead atoms. The molecule has 1 saturated heterocycles. The molecule has 2 aromatic rings. The number of nitriles is 1. The molecule has 0 amide bonds. The average Bonchev–Trinajstić information content (AvgIpc) is 2.83. The van der Waals surface area contributed by atoms with Gasteiger partial charge >= 0.3 is 0 Å². The SMILES string of the molecule is N#CCCN1CCNC(C2Cc3cc(Cl)ccc3Oc3ccccc32)C1. The molecule has 5 heteroatoms. The number of halogens is 1. The first-order chi connectivity index (χ1) is 12.7. The first-order valence-electron chi connectivity index (χ1n) is 9.12. The number of fused-ring (bicyclic) bond motifs is 2. The third-order valence-electron chi connectivity index (χ3n) is 5.32. The highest BCUT2D eigenvalue weighted by Gasteiger charge is 2.32. The van der Waals surface area contributed by atoms with E-state index in [4.69, 9.17) is 21.6 Å². The number of nitrogens with one attached hydrogen (secondary N) is 1. The average molecular weight is 368 g/mol. The Kier molecular flexibility index (Phi) is 5.12. The maximum Gasteiger partial charge on any atom is 0.130 e. The standard InChI is InChI=1S/C21H22ClN3O/c22-16-6-7-20-15(12-16)13-18(17-4-1-2-5-21(17)26-20)19-14-25(10-3-8-23)11-9-24-19/h1-2,4-7,12,18-19,24H,3,9-11,13-14H2. The van der Waals surface area contributed by atoms with E-state index in [-0.39, 0.29) is 0 Å². The summed E-state index contributed by atoms with van der Waals surface area (Å²) < 4.78 is 6.23. The lowest BCUT2D eigenvalue weighted by Gasteiger charge is -2.37. The van der Waals surface area contributed by atoms with Crippen molar-refractivity contribution in [1.29, 1.82) is 5.26 Å². The highest BCUT2D eigenvalue weighted by atomic mass is 35.5. The van der Waals surface area contributed by atoms with Gasteiger partial charge < -0.3 is 10.1 Å². The summed E-state index contributed by atoms with van der Waals surface area (Å²) in [4.78, 5) is 2.39. The van der Waals surface area contributed by atoms with Gasteiger partial charge in [0.25, 0.3) is 0 Å². The summed E-state index contributed by atoms with van der Waals surface area (Å²) in [6.45, 7) is 3.71. The molecule has 0 radical (unpaired) electrons. The summed E-state index contributed by atoms with van der Waals surface area (Å²) >= 11 is 6.25. The molecule has 1 N–H and O–H groups in total. The zero-order chi connectivity index (χ0) is 17.9. The maximum absolute atomic E-state index is 8.89. The van der Waals surface area contributed by atoms with Crippen molar-refractivity contribution in [3.05, 3.63) is 58.6 Å². The molecule has 0 spiro atoms. The topological polar surface area (TPSA) is 48.3 Å². The third-order valence-corrected chi connectivity index (χ3v) is 5.55. The van der Waals surface area contributed by atoms with Crippen molar-refractivity contribution in [2.24, 2.45) is 0 Å². The summed E-state index contributed by atoms with van der Waals surface area (Å²) in [7, 11) is 0. The summed E-state index contributed by atoms with van der Waals surface area (Å²) in [6, 6.07) is 16.7. The Hall–Kier alpha value is -2.06. The fraction of sp³-hybridized carbons (Fsp3) is 0.381. The van der Waals surface area contributed by atoms with Crippen LogP contribution in [0.2, 0.25) is 5.02 Å². The van der Waals surface area contributed by atoms with E-state index in [0.29, 0.717) is 18.4 Å². The van der Waals surface area contributed by atoms with Crippen LogP contribution < -0.4 is 10.1 Å². The minimum atomic E-state index is 0.302. The van der Waals surface area contributed by atoms with Crippen LogP contribution in [0.3, 0.4) is 0 Å². The molecule has 4 nitrogen and oxygen atoms in total. The van der Waals surface area contributed by atoms with Crippen molar-refractivity contribution in [3.8, 4) is 17.6 Å². The van der Waals surface area contributed by atoms with Gasteiger partial charge in [0.1, 0.15) is 11.5 Å². The van der Waals surface area contributed by atoms with Crippen molar-refractivity contribution in [1.82, 2.24) is 10.2 Å². The maximum atomic E-state index is 8.89. The van der Waals surface area contributed by atoms with Crippen molar-refractivity contribution < 1.29 is 4.74 Å². The molecule has 2 aliphatic rings. The van der Waals surface area contributed by atoms with E-state index < -0.39 is 0 Å². The zero-order valence-corrected chi connectivity index (χ0v) is 15.4. The van der Waals surface area contributed by atoms with Gasteiger partial charge in [-0.2, -0.15) is 5.26 Å². The molecular weight excluding hydrogens is 346 g/mol. The minimum Gasteiger partial charge on any atom is -0.457 e. The van der Waals surface area contributed by atoms with Gasteiger partial charge in [-0.05, 0) is 41.8 Å². The molecule has 0 saturated carbocycles. The van der Waals surface area contributed by atoms with E-state index >= 15 is 0 Å². The monoisotopic (exact) mass is 367 g/mol. The van der Waals surface area contributed by atoms with Crippen LogP contribution in [0.4, 0.5) is 0 Å². The number of nitrogens with zero attached hydrogens (tertiary/aromatic N) is 2. The Morgan fingerprint density at radius 1 is 1.23 bits per heavy atom. The highest BCUT2D eigenvalue weighted by molar-refractivity contribution is 6.30. The summed E-state index contributed by atoms with van der Waals surface area (Å²) in [5.74, 6) is 2.12. The van der Waals surface area contributed by atoms with Crippen LogP contribution in [0.5, 0.6) is 11.5 Å². The van der Waals surface area contributed by atoms with E-state index in [9.17, 15) is 0 Å². The third kappa shape index (κ3) is 3.57. The van der Waals surface area contributed by atoms with Crippen LogP contribution in [0, 0.1) is 11.3 Å². The van der Waals surface area contributed by atoms with Gasteiger partial charge in [-0.3, -0.25) is 4.90 Å². The number of hydrogen-bond acceptors (Lipinski definition) is 4. The molecule has 1 fully saturated rings. The van der Waals surface area contributed by atoms with Gasteiger partial charge in [0.15, 0.2) is 0 Å². The van der Waals surface area contributed by atoms with Gasteiger partial charge in [-0.25, -0.2) is 0 Å². The summed E-state index contributed by atoms with van der Waals surface area (Å²) in [6.07, 6.45) is 1.46. The van der Waals surface area contributed by atoms with Crippen molar-refractivity contribution in [3.63, 3.8) is 0 Å². The molecule has 2 aliphatic heterocycles. The molecule has 2 atom stereocenters. The first kappa shape index (κ1) is 17.4. The number of para-hydroxylation sites is 1. The van der Waals surface area contributed by atoms with E-state index in [1.807, 2.05) is 30.3 Å². The van der Waals surface area contributed by atoms with Crippen LogP contribution in [-0.4, -0.2) is 37.1 Å². The Morgan fingerprint density at radius 3 is 3.00 bits per heavy atom. The van der Waals surface area contributed by atoms with Gasteiger partial charge in [0, 0.05) is 49.6 Å². The van der Waals surface area contributed by atoms with Crippen LogP contribution in [-0.2, 0) is 6.42 Å². The zero-order valence-electron chi connectivity index (χ0n) is 14.6. The normalized spacial score (nSPS) is 22.5. The smallest absolute Gasteiger partial charge is 0.130 e. The molecule has 26 heavy (non-hydrogen) atoms. The lowest BCUT2D eigenvalue weighted by atomic mass is 9.84. The Bertz CT molecular complexity index is 832. The van der Waals surface area contributed by atoms with Crippen LogP contribution >= 0.6 is 11.6 Å². The molecule has 0 aromatic heterocycles. The van der Waals surface area contributed by atoms with E-state index in [0.717, 1.165) is 54.7 Å². The predicted molar refractivity (Wildman–Crippen MR) is 103 cm³/mol. The fourth-order valence-corrected chi connectivity index (χ4v) is 4.23. The second-order valence-electron chi connectivity index (χ2n) is 6.97. The van der Waals surface area contributed by atoms with Crippen LogP contribution in [0.1, 0.15) is 23.5 Å². The van der Waals surface area contributed by atoms with E-state index in [1.165, 1.54) is 5.56 Å². The van der Waals surface area contributed by atoms with Crippen molar-refractivity contribution >= 4 is 11.6 Å². The number of hydrogen-bond donors (Lipinski definition) is 1. The van der Waals surface area contributed by atoms with Gasteiger partial charge in [-0.15, -0.1) is 0 Å². The highest BCUT2D eigenvalue weighted by Crippen LogP contribution is 2.41. The summed E-state index contributed by atoms with van der Waals surface area (Å²) in [5.41, 5.74) is 2.38. The molecule has 134 valence electrons. The Morgan fingerprint density at radius 2 is 2.12 bits per heavy atom. The molecule has 0 aliphatic carbocycles. The van der Waals surface area contributed by atoms with Gasteiger partial charge in [0.2, 0.25) is 0 Å². The van der Waals surface area contributed by atoms with E-state index in [1.54, 1.807) is 0 Å². The van der Waals surface area contributed by atoms with Crippen LogP contribution in [0.15, 0.2) is 42.5 Å². The molecular formula is C21H22ClN3O. The van der Waals surface area contributed by atoms with Crippen molar-refractivity contribution in [2.45, 2.75) is 24.8 Å². The minimum absolute atomic E-state index is 0.302. The molecule has 2 aromatic carbocycles. The van der Waals surface area contributed by atoms with Crippen molar-refractivity contribution in [2.75, 3.05) is 26.2 Å². The lowest BCUT2D eigenvalue weighted by Crippen LogP contribution is -2.53. The Labute approximate surface area is 159 Å². The molecule has 4 rings (SSSR count). The Balaban J connectivity index is 1.66. The summed E-state index contributed by atoms with van der Waals surface area (Å²) in [5, 5.41) is 13.3. The largest absolute Gasteiger partial charge is 0.457 e. The number of rotatable bonds is 3. The van der Waals surface area contributed by atoms with Crippen LogP contribution in [0.25, 0.3) is 0 Å². The second kappa shape index (κ2) is 7.67. The number of ether oxygens (including phenoxy) is 1. The molecule has 2 unspecified atom stereocenters. The second-order valence-corrected chi connectivity index (χ2v) is 7.41.